The number of rotatable bonds is 6. The summed E-state index contributed by atoms with van der Waals surface area (Å²) in [6.07, 6.45) is 8.40. The van der Waals surface area contributed by atoms with E-state index in [1.54, 1.807) is 0 Å². The van der Waals surface area contributed by atoms with Crippen molar-refractivity contribution in [3.63, 3.8) is 0 Å². The Labute approximate surface area is 116 Å². The first-order valence-corrected chi connectivity index (χ1v) is 7.60. The zero-order valence-corrected chi connectivity index (χ0v) is 12.2. The lowest BCUT2D eigenvalue weighted by Gasteiger charge is -2.28. The van der Waals surface area contributed by atoms with Crippen LogP contribution in [0.25, 0.3) is 0 Å². The molecule has 0 spiro atoms. The molecule has 2 unspecified atom stereocenters. The molecule has 1 aliphatic carbocycles. The van der Waals surface area contributed by atoms with Crippen LogP contribution in [0.5, 0.6) is 0 Å². The first kappa shape index (κ1) is 14.1. The van der Waals surface area contributed by atoms with Gasteiger partial charge in [-0.1, -0.05) is 33.1 Å². The van der Waals surface area contributed by atoms with Gasteiger partial charge in [-0.3, -0.25) is 0 Å². The highest BCUT2D eigenvalue weighted by molar-refractivity contribution is 5.39. The maximum atomic E-state index is 4.49. The van der Waals surface area contributed by atoms with E-state index in [1.807, 2.05) is 12.3 Å². The third-order valence-corrected chi connectivity index (χ3v) is 4.02. The van der Waals surface area contributed by atoms with Gasteiger partial charge in [0.1, 0.15) is 5.82 Å². The van der Waals surface area contributed by atoms with Gasteiger partial charge in [-0.15, -0.1) is 0 Å². The zero-order chi connectivity index (χ0) is 13.5. The van der Waals surface area contributed by atoms with E-state index in [9.17, 15) is 0 Å². The van der Waals surface area contributed by atoms with Crippen LogP contribution in [-0.4, -0.2) is 23.1 Å². The summed E-state index contributed by atoms with van der Waals surface area (Å²) in [5.41, 5.74) is 0. The van der Waals surface area contributed by atoms with E-state index in [2.05, 4.69) is 34.4 Å². The molecule has 19 heavy (non-hydrogen) atoms. The van der Waals surface area contributed by atoms with Crippen molar-refractivity contribution in [1.82, 2.24) is 9.97 Å². The van der Waals surface area contributed by atoms with E-state index in [0.717, 1.165) is 43.1 Å². The quantitative estimate of drug-likeness (QED) is 0.823. The van der Waals surface area contributed by atoms with Gasteiger partial charge in [0, 0.05) is 19.3 Å². The van der Waals surface area contributed by atoms with Crippen molar-refractivity contribution in [3.8, 4) is 0 Å². The summed E-state index contributed by atoms with van der Waals surface area (Å²) in [4.78, 5) is 8.71. The fraction of sp³-hybridized carbons (Fsp3) is 0.733. The van der Waals surface area contributed by atoms with E-state index in [1.165, 1.54) is 25.7 Å². The average molecular weight is 262 g/mol. The topological polar surface area (TPSA) is 49.8 Å². The van der Waals surface area contributed by atoms with Gasteiger partial charge >= 0.3 is 0 Å². The van der Waals surface area contributed by atoms with Gasteiger partial charge in [-0.05, 0) is 30.7 Å². The molecule has 4 nitrogen and oxygen atoms in total. The highest BCUT2D eigenvalue weighted by Crippen LogP contribution is 2.29. The lowest BCUT2D eigenvalue weighted by molar-refractivity contribution is 0.268. The molecular formula is C15H26N4. The predicted molar refractivity (Wildman–Crippen MR) is 80.4 cm³/mol. The third kappa shape index (κ3) is 4.37. The van der Waals surface area contributed by atoms with Gasteiger partial charge in [-0.2, -0.15) is 4.98 Å². The highest BCUT2D eigenvalue weighted by Gasteiger charge is 2.20. The Morgan fingerprint density at radius 1 is 1.26 bits per heavy atom. The number of anilines is 2. The molecule has 2 N–H and O–H groups in total. The number of hydrogen-bond acceptors (Lipinski definition) is 4. The van der Waals surface area contributed by atoms with Crippen molar-refractivity contribution in [1.29, 1.82) is 0 Å². The highest BCUT2D eigenvalue weighted by atomic mass is 15.1. The average Bonchev–Trinajstić information content (AvgIpc) is 2.45. The van der Waals surface area contributed by atoms with Gasteiger partial charge in [-0.25, -0.2) is 4.98 Å². The van der Waals surface area contributed by atoms with Crippen molar-refractivity contribution in [2.24, 2.45) is 11.8 Å². The molecule has 0 radical (unpaired) electrons. The molecule has 4 heteroatoms. The van der Waals surface area contributed by atoms with Gasteiger partial charge in [0.25, 0.3) is 0 Å². The molecule has 1 aromatic rings. The predicted octanol–water partition coefficient (Wildman–Crippen LogP) is 3.54. The summed E-state index contributed by atoms with van der Waals surface area (Å²) >= 11 is 0. The Morgan fingerprint density at radius 3 is 2.89 bits per heavy atom. The molecule has 1 saturated carbocycles. The summed E-state index contributed by atoms with van der Waals surface area (Å²) in [7, 11) is 0. The van der Waals surface area contributed by atoms with Gasteiger partial charge in [0.05, 0.1) is 0 Å². The van der Waals surface area contributed by atoms with Crippen LogP contribution in [-0.2, 0) is 0 Å². The van der Waals surface area contributed by atoms with Crippen molar-refractivity contribution in [2.75, 3.05) is 23.7 Å². The molecule has 1 heterocycles. The summed E-state index contributed by atoms with van der Waals surface area (Å²) in [6.45, 7) is 6.47. The summed E-state index contributed by atoms with van der Waals surface area (Å²) in [5.74, 6) is 3.28. The molecule has 0 aliphatic heterocycles. The van der Waals surface area contributed by atoms with E-state index < -0.39 is 0 Å². The van der Waals surface area contributed by atoms with Gasteiger partial charge < -0.3 is 10.6 Å². The Morgan fingerprint density at radius 2 is 2.11 bits per heavy atom. The van der Waals surface area contributed by atoms with Crippen molar-refractivity contribution in [3.05, 3.63) is 12.3 Å². The first-order valence-electron chi connectivity index (χ1n) is 7.60. The van der Waals surface area contributed by atoms with Gasteiger partial charge in [0.15, 0.2) is 0 Å². The second-order valence-electron chi connectivity index (χ2n) is 5.59. The molecule has 106 valence electrons. The smallest absolute Gasteiger partial charge is 0.224 e. The largest absolute Gasteiger partial charge is 0.370 e. The lowest BCUT2D eigenvalue weighted by atomic mass is 9.80. The van der Waals surface area contributed by atoms with Crippen LogP contribution in [0.2, 0.25) is 0 Å². The van der Waals surface area contributed by atoms with Crippen LogP contribution < -0.4 is 10.6 Å². The number of nitrogens with one attached hydrogen (secondary N) is 2. The normalized spacial score (nSPS) is 23.1. The van der Waals surface area contributed by atoms with Crippen molar-refractivity contribution in [2.45, 2.75) is 46.0 Å². The standard InChI is InChI=1S/C15H26N4/c1-3-9-16-15-17-10-8-14(19-15)18-11-13-7-5-4-6-12(13)2/h8,10,12-13H,3-7,9,11H2,1-2H3,(H2,16,17,18,19). The van der Waals surface area contributed by atoms with E-state index in [-0.39, 0.29) is 0 Å². The minimum atomic E-state index is 0.726. The van der Waals surface area contributed by atoms with Crippen molar-refractivity contribution >= 4 is 11.8 Å². The SMILES string of the molecule is CCCNc1nccc(NCC2CCCCC2C)n1. The van der Waals surface area contributed by atoms with Crippen LogP contribution in [0.4, 0.5) is 11.8 Å². The minimum absolute atomic E-state index is 0.726. The second kappa shape index (κ2) is 7.31. The Balaban J connectivity index is 1.84. The summed E-state index contributed by atoms with van der Waals surface area (Å²) in [6, 6.07) is 1.95. The van der Waals surface area contributed by atoms with Crippen LogP contribution in [0, 0.1) is 11.8 Å². The van der Waals surface area contributed by atoms with Crippen LogP contribution >= 0.6 is 0 Å². The molecule has 2 rings (SSSR count). The molecule has 0 aromatic carbocycles. The Bertz CT molecular complexity index is 380. The first-order chi connectivity index (χ1) is 9.29. The Hall–Kier alpha value is -1.32. The van der Waals surface area contributed by atoms with Crippen molar-refractivity contribution < 1.29 is 0 Å². The molecule has 2 atom stereocenters. The summed E-state index contributed by atoms with van der Waals surface area (Å²) < 4.78 is 0. The number of hydrogen-bond donors (Lipinski definition) is 2. The zero-order valence-electron chi connectivity index (χ0n) is 12.2. The monoisotopic (exact) mass is 262 g/mol. The molecule has 1 aliphatic rings. The van der Waals surface area contributed by atoms with Crippen LogP contribution in [0.15, 0.2) is 12.3 Å². The Kier molecular flexibility index (Phi) is 5.43. The molecular weight excluding hydrogens is 236 g/mol. The molecule has 0 bridgehead atoms. The van der Waals surface area contributed by atoms with E-state index in [4.69, 9.17) is 0 Å². The number of nitrogens with zero attached hydrogens (tertiary/aromatic N) is 2. The molecule has 1 fully saturated rings. The van der Waals surface area contributed by atoms with E-state index >= 15 is 0 Å². The number of aromatic nitrogens is 2. The molecule has 0 saturated heterocycles. The lowest BCUT2D eigenvalue weighted by Crippen LogP contribution is -2.24. The van der Waals surface area contributed by atoms with Crippen LogP contribution in [0.3, 0.4) is 0 Å². The minimum Gasteiger partial charge on any atom is -0.370 e. The fourth-order valence-corrected chi connectivity index (χ4v) is 2.71. The van der Waals surface area contributed by atoms with E-state index in [0.29, 0.717) is 0 Å². The molecule has 1 aromatic heterocycles. The fourth-order valence-electron chi connectivity index (χ4n) is 2.71. The maximum Gasteiger partial charge on any atom is 0.224 e. The molecule has 0 amide bonds. The third-order valence-electron chi connectivity index (χ3n) is 4.02. The van der Waals surface area contributed by atoms with Gasteiger partial charge in [0.2, 0.25) is 5.95 Å². The maximum absolute atomic E-state index is 4.49. The summed E-state index contributed by atoms with van der Waals surface area (Å²) in [5, 5.41) is 6.69. The van der Waals surface area contributed by atoms with Crippen LogP contribution in [0.1, 0.15) is 46.0 Å². The second-order valence-corrected chi connectivity index (χ2v) is 5.59.